The first-order valence-corrected chi connectivity index (χ1v) is 10.7. The number of halogens is 1. The Hall–Kier alpha value is -4.39. The van der Waals surface area contributed by atoms with Gasteiger partial charge < -0.3 is 14.8 Å². The highest BCUT2D eigenvalue weighted by atomic mass is 19.1. The maximum absolute atomic E-state index is 14.1. The van der Waals surface area contributed by atoms with Gasteiger partial charge in [0.25, 0.3) is 11.7 Å². The van der Waals surface area contributed by atoms with Crippen molar-refractivity contribution < 1.29 is 23.8 Å². The number of aliphatic hydroxyl groups is 1. The van der Waals surface area contributed by atoms with Crippen LogP contribution in [0.15, 0.2) is 78.5 Å². The first kappa shape index (κ1) is 21.5. The van der Waals surface area contributed by atoms with Crippen LogP contribution in [0.2, 0.25) is 0 Å². The number of aryl methyl sites for hydroxylation is 1. The minimum absolute atomic E-state index is 0.00533. The van der Waals surface area contributed by atoms with Crippen molar-refractivity contribution in [3.63, 3.8) is 0 Å². The Bertz CT molecular complexity index is 1470. The molecule has 0 bridgehead atoms. The number of aromatic amines is 1. The van der Waals surface area contributed by atoms with Crippen LogP contribution in [0.5, 0.6) is 5.75 Å². The quantitative estimate of drug-likeness (QED) is 0.250. The van der Waals surface area contributed by atoms with Gasteiger partial charge in [-0.2, -0.15) is 0 Å². The van der Waals surface area contributed by atoms with Crippen LogP contribution in [0.3, 0.4) is 0 Å². The fraction of sp³-hybridized carbons (Fsp3) is 0.111. The van der Waals surface area contributed by atoms with Gasteiger partial charge in [0.2, 0.25) is 0 Å². The number of hydrogen-bond donors (Lipinski definition) is 2. The van der Waals surface area contributed by atoms with Gasteiger partial charge in [0.1, 0.15) is 17.3 Å². The Morgan fingerprint density at radius 3 is 2.53 bits per heavy atom. The molecule has 2 heterocycles. The zero-order chi connectivity index (χ0) is 24.0. The number of ether oxygens (including phenoxy) is 1. The van der Waals surface area contributed by atoms with Crippen LogP contribution in [0.25, 0.3) is 16.7 Å². The molecule has 3 aromatic carbocycles. The largest absolute Gasteiger partial charge is 0.507 e. The summed E-state index contributed by atoms with van der Waals surface area (Å²) in [5.74, 6) is -2.58. The summed E-state index contributed by atoms with van der Waals surface area (Å²) in [6.07, 6.45) is 1.72. The molecular weight excluding hydrogens is 435 g/mol. The average molecular weight is 456 g/mol. The van der Waals surface area contributed by atoms with Gasteiger partial charge in [0, 0.05) is 28.4 Å². The SMILES string of the molecule is COc1ccc(F)cc1/C(O)=C1\C(=O)C(=O)N(c2ccc(C)cc2)C1c1c[nH]c2ccccc12. The lowest BCUT2D eigenvalue weighted by Crippen LogP contribution is -2.29. The van der Waals surface area contributed by atoms with E-state index in [4.69, 9.17) is 4.74 Å². The molecular formula is C27H21FN2O4. The molecule has 1 unspecified atom stereocenters. The summed E-state index contributed by atoms with van der Waals surface area (Å²) < 4.78 is 19.4. The van der Waals surface area contributed by atoms with Gasteiger partial charge in [-0.05, 0) is 43.3 Å². The number of carbonyl (C=O) groups excluding carboxylic acids is 2. The third-order valence-corrected chi connectivity index (χ3v) is 6.09. The number of carbonyl (C=O) groups is 2. The molecule has 4 aromatic rings. The minimum atomic E-state index is -0.938. The molecule has 0 aliphatic carbocycles. The highest BCUT2D eigenvalue weighted by Crippen LogP contribution is 2.45. The monoisotopic (exact) mass is 456 g/mol. The Labute approximate surface area is 194 Å². The van der Waals surface area contributed by atoms with Crippen LogP contribution < -0.4 is 9.64 Å². The maximum Gasteiger partial charge on any atom is 0.300 e. The number of nitrogens with one attached hydrogen (secondary N) is 1. The van der Waals surface area contributed by atoms with Crippen molar-refractivity contribution in [1.82, 2.24) is 4.98 Å². The second kappa shape index (κ2) is 8.19. The van der Waals surface area contributed by atoms with E-state index in [0.29, 0.717) is 11.3 Å². The minimum Gasteiger partial charge on any atom is -0.507 e. The van der Waals surface area contributed by atoms with Crippen molar-refractivity contribution in [1.29, 1.82) is 0 Å². The number of fused-ring (bicyclic) bond motifs is 1. The number of para-hydroxylation sites is 1. The molecule has 0 spiro atoms. The number of rotatable bonds is 4. The lowest BCUT2D eigenvalue weighted by atomic mass is 9.94. The third-order valence-electron chi connectivity index (χ3n) is 6.09. The van der Waals surface area contributed by atoms with Gasteiger partial charge in [-0.3, -0.25) is 14.5 Å². The molecule has 2 N–H and O–H groups in total. The number of anilines is 1. The van der Waals surface area contributed by atoms with Crippen LogP contribution in [0, 0.1) is 12.7 Å². The van der Waals surface area contributed by atoms with Gasteiger partial charge in [-0.1, -0.05) is 35.9 Å². The molecule has 170 valence electrons. The third kappa shape index (κ3) is 3.33. The molecule has 0 radical (unpaired) electrons. The number of Topliss-reactive ketones (excluding diaryl/α,β-unsaturated/α-hetero) is 1. The average Bonchev–Trinajstić information content (AvgIpc) is 3.38. The van der Waals surface area contributed by atoms with Gasteiger partial charge in [0.15, 0.2) is 0 Å². The Balaban J connectivity index is 1.80. The highest BCUT2D eigenvalue weighted by Gasteiger charge is 2.48. The highest BCUT2D eigenvalue weighted by molar-refractivity contribution is 6.52. The number of methoxy groups -OCH3 is 1. The zero-order valence-electron chi connectivity index (χ0n) is 18.5. The number of benzene rings is 3. The van der Waals surface area contributed by atoms with E-state index in [1.54, 1.807) is 18.3 Å². The number of aromatic nitrogens is 1. The Kier molecular flexibility index (Phi) is 5.17. The first-order chi connectivity index (χ1) is 16.4. The Morgan fingerprint density at radius 1 is 1.06 bits per heavy atom. The second-order valence-electron chi connectivity index (χ2n) is 8.14. The predicted octanol–water partition coefficient (Wildman–Crippen LogP) is 5.25. The second-order valence-corrected chi connectivity index (χ2v) is 8.14. The van der Waals surface area contributed by atoms with E-state index in [1.807, 2.05) is 43.3 Å². The normalized spacial score (nSPS) is 17.5. The van der Waals surface area contributed by atoms with Gasteiger partial charge in [0.05, 0.1) is 24.3 Å². The molecule has 1 saturated heterocycles. The number of aliphatic hydroxyl groups excluding tert-OH is 1. The van der Waals surface area contributed by atoms with Crippen LogP contribution in [0.4, 0.5) is 10.1 Å². The molecule has 1 atom stereocenters. The van der Waals surface area contributed by atoms with Gasteiger partial charge >= 0.3 is 0 Å². The first-order valence-electron chi connectivity index (χ1n) is 10.7. The molecule has 1 fully saturated rings. The number of hydrogen-bond acceptors (Lipinski definition) is 4. The number of H-pyrrole nitrogens is 1. The van der Waals surface area contributed by atoms with Gasteiger partial charge in [-0.15, -0.1) is 0 Å². The topological polar surface area (TPSA) is 82.6 Å². The molecule has 6 nitrogen and oxygen atoms in total. The lowest BCUT2D eigenvalue weighted by molar-refractivity contribution is -0.132. The molecule has 1 aliphatic heterocycles. The number of nitrogens with zero attached hydrogens (tertiary/aromatic N) is 1. The van der Waals surface area contributed by atoms with E-state index in [9.17, 15) is 19.1 Å². The van der Waals surface area contributed by atoms with Gasteiger partial charge in [-0.25, -0.2) is 4.39 Å². The maximum atomic E-state index is 14.1. The molecule has 5 rings (SSSR count). The van der Waals surface area contributed by atoms with E-state index in [1.165, 1.54) is 24.1 Å². The van der Waals surface area contributed by atoms with Crippen LogP contribution in [-0.4, -0.2) is 28.9 Å². The van der Waals surface area contributed by atoms with Crippen molar-refractivity contribution in [3.05, 3.63) is 101 Å². The zero-order valence-corrected chi connectivity index (χ0v) is 18.5. The number of ketones is 1. The van der Waals surface area contributed by atoms with Crippen molar-refractivity contribution in [2.75, 3.05) is 12.0 Å². The van der Waals surface area contributed by atoms with Crippen molar-refractivity contribution in [2.24, 2.45) is 0 Å². The summed E-state index contributed by atoms with van der Waals surface area (Å²) in [6, 6.07) is 17.4. The predicted molar refractivity (Wildman–Crippen MR) is 127 cm³/mol. The summed E-state index contributed by atoms with van der Waals surface area (Å²) in [5, 5.41) is 12.1. The van der Waals surface area contributed by atoms with Crippen LogP contribution in [-0.2, 0) is 9.59 Å². The van der Waals surface area contributed by atoms with E-state index >= 15 is 0 Å². The summed E-state index contributed by atoms with van der Waals surface area (Å²) in [6.45, 7) is 1.92. The van der Waals surface area contributed by atoms with E-state index in [-0.39, 0.29) is 16.9 Å². The Morgan fingerprint density at radius 2 is 1.79 bits per heavy atom. The van der Waals surface area contributed by atoms with E-state index < -0.39 is 29.3 Å². The standard InChI is InChI=1S/C27H21FN2O4/c1-15-7-10-17(11-8-15)30-24(20-14-29-21-6-4-3-5-18(20)21)23(26(32)27(30)33)25(31)19-13-16(28)9-12-22(19)34-2/h3-14,24,29,31H,1-2H3/b25-23+. The molecule has 0 saturated carbocycles. The summed E-state index contributed by atoms with van der Waals surface area (Å²) in [5.41, 5.74) is 2.80. The van der Waals surface area contributed by atoms with Crippen molar-refractivity contribution in [2.45, 2.75) is 13.0 Å². The summed E-state index contributed by atoms with van der Waals surface area (Å²) in [7, 11) is 1.38. The van der Waals surface area contributed by atoms with E-state index in [0.717, 1.165) is 22.5 Å². The summed E-state index contributed by atoms with van der Waals surface area (Å²) in [4.78, 5) is 31.2. The van der Waals surface area contributed by atoms with Crippen molar-refractivity contribution >= 4 is 34.0 Å². The molecule has 1 aliphatic rings. The number of amides is 1. The fourth-order valence-corrected chi connectivity index (χ4v) is 4.43. The fourth-order valence-electron chi connectivity index (χ4n) is 4.43. The smallest absolute Gasteiger partial charge is 0.300 e. The van der Waals surface area contributed by atoms with E-state index in [2.05, 4.69) is 4.98 Å². The molecule has 7 heteroatoms. The summed E-state index contributed by atoms with van der Waals surface area (Å²) >= 11 is 0. The van der Waals surface area contributed by atoms with Crippen LogP contribution in [0.1, 0.15) is 22.7 Å². The molecule has 34 heavy (non-hydrogen) atoms. The molecule has 1 amide bonds. The lowest BCUT2D eigenvalue weighted by Gasteiger charge is -2.25. The molecule has 1 aromatic heterocycles. The van der Waals surface area contributed by atoms with Crippen molar-refractivity contribution in [3.8, 4) is 5.75 Å². The van der Waals surface area contributed by atoms with Crippen LogP contribution >= 0.6 is 0 Å².